The molecule has 0 amide bonds. The number of hydrogen-bond acceptors (Lipinski definition) is 7. The molecule has 0 spiro atoms. The van der Waals surface area contributed by atoms with Gasteiger partial charge < -0.3 is 24.7 Å². The van der Waals surface area contributed by atoms with E-state index in [1.165, 1.54) is 19.2 Å². The SMILES string of the molecule is COc1nc(Nc2cc(F)c3nc(C)cn3c2)c2c(F)cc(N3C[C@@H](C)N[C@H](C)C3)cc2n1. The monoisotopic (exact) mass is 453 g/mol. The van der Waals surface area contributed by atoms with Crippen LogP contribution in [0.25, 0.3) is 16.6 Å². The maximum atomic E-state index is 15.4. The van der Waals surface area contributed by atoms with E-state index in [0.717, 1.165) is 18.8 Å². The van der Waals surface area contributed by atoms with Crippen molar-refractivity contribution in [3.63, 3.8) is 0 Å². The minimum Gasteiger partial charge on any atom is -0.467 e. The summed E-state index contributed by atoms with van der Waals surface area (Å²) in [4.78, 5) is 15.0. The summed E-state index contributed by atoms with van der Waals surface area (Å²) in [6, 6.07) is 5.28. The molecule has 0 aliphatic carbocycles. The quantitative estimate of drug-likeness (QED) is 0.487. The van der Waals surface area contributed by atoms with Gasteiger partial charge in [-0.3, -0.25) is 0 Å². The molecule has 8 nitrogen and oxygen atoms in total. The molecule has 0 bridgehead atoms. The van der Waals surface area contributed by atoms with E-state index in [9.17, 15) is 4.39 Å². The summed E-state index contributed by atoms with van der Waals surface area (Å²) in [5, 5.41) is 6.72. The van der Waals surface area contributed by atoms with Gasteiger partial charge in [-0.05, 0) is 32.9 Å². The van der Waals surface area contributed by atoms with Crippen LogP contribution in [0.15, 0.2) is 30.6 Å². The molecule has 0 saturated carbocycles. The van der Waals surface area contributed by atoms with Crippen molar-refractivity contribution in [3.8, 4) is 6.01 Å². The molecule has 10 heteroatoms. The molecule has 2 atom stereocenters. The fourth-order valence-electron chi connectivity index (χ4n) is 4.47. The van der Waals surface area contributed by atoms with Gasteiger partial charge in [-0.2, -0.15) is 9.97 Å². The van der Waals surface area contributed by atoms with Crippen LogP contribution >= 0.6 is 0 Å². The van der Waals surface area contributed by atoms with Gasteiger partial charge in [0.05, 0.1) is 29.4 Å². The van der Waals surface area contributed by atoms with Gasteiger partial charge in [0, 0.05) is 49.3 Å². The Morgan fingerprint density at radius 3 is 2.52 bits per heavy atom. The van der Waals surface area contributed by atoms with Crippen LogP contribution in [0.1, 0.15) is 19.5 Å². The number of halogens is 2. The lowest BCUT2D eigenvalue weighted by atomic mass is 10.1. The minimum atomic E-state index is -0.497. The van der Waals surface area contributed by atoms with E-state index in [4.69, 9.17) is 4.74 Å². The molecular weight excluding hydrogens is 428 g/mol. The van der Waals surface area contributed by atoms with Crippen LogP contribution in [-0.2, 0) is 0 Å². The van der Waals surface area contributed by atoms with Gasteiger partial charge in [-0.25, -0.2) is 13.8 Å². The third kappa shape index (κ3) is 4.02. The number of pyridine rings is 1. The number of aromatic nitrogens is 4. The predicted octanol–water partition coefficient (Wildman–Crippen LogP) is 3.80. The zero-order valence-corrected chi connectivity index (χ0v) is 18.9. The van der Waals surface area contributed by atoms with Crippen LogP contribution in [0.5, 0.6) is 6.01 Å². The standard InChI is InChI=1S/C23H25F2N7O/c1-12-8-31(9-13(2)26-12)16-6-17(24)20-19(7-16)29-23(33-4)30-21(20)28-15-5-18(25)22-27-14(3)10-32(22)11-15/h5-7,10-13,26H,8-9H2,1-4H3,(H,28,29,30)/t12-,13-/m1/s1. The highest BCUT2D eigenvalue weighted by atomic mass is 19.1. The predicted molar refractivity (Wildman–Crippen MR) is 123 cm³/mol. The molecule has 4 heterocycles. The van der Waals surface area contributed by atoms with E-state index >= 15 is 4.39 Å². The lowest BCUT2D eigenvalue weighted by Gasteiger charge is -2.37. The number of aryl methyl sites for hydroxylation is 1. The van der Waals surface area contributed by atoms with Crippen molar-refractivity contribution in [2.24, 2.45) is 0 Å². The van der Waals surface area contributed by atoms with E-state index in [0.29, 0.717) is 16.9 Å². The number of piperazine rings is 1. The van der Waals surface area contributed by atoms with Gasteiger partial charge >= 0.3 is 6.01 Å². The number of nitrogens with one attached hydrogen (secondary N) is 2. The van der Waals surface area contributed by atoms with Crippen molar-refractivity contribution in [1.29, 1.82) is 0 Å². The average molecular weight is 453 g/mol. The highest BCUT2D eigenvalue weighted by Crippen LogP contribution is 2.33. The van der Waals surface area contributed by atoms with E-state index in [-0.39, 0.29) is 34.9 Å². The number of nitrogens with zero attached hydrogens (tertiary/aromatic N) is 5. The molecule has 5 rings (SSSR count). The van der Waals surface area contributed by atoms with Gasteiger partial charge in [0.25, 0.3) is 0 Å². The first-order valence-corrected chi connectivity index (χ1v) is 10.8. The van der Waals surface area contributed by atoms with Gasteiger partial charge in [0.2, 0.25) is 0 Å². The van der Waals surface area contributed by atoms with Crippen LogP contribution in [0.3, 0.4) is 0 Å². The van der Waals surface area contributed by atoms with Crippen molar-refractivity contribution in [3.05, 3.63) is 47.9 Å². The number of rotatable bonds is 4. The summed E-state index contributed by atoms with van der Waals surface area (Å²) < 4.78 is 36.8. The number of ether oxygens (including phenoxy) is 1. The molecular formula is C23H25F2N7O. The first-order chi connectivity index (χ1) is 15.8. The van der Waals surface area contributed by atoms with E-state index in [1.54, 1.807) is 23.7 Å². The number of benzene rings is 1. The number of imidazole rings is 1. The molecule has 1 fully saturated rings. The van der Waals surface area contributed by atoms with Crippen LogP contribution in [0, 0.1) is 18.6 Å². The molecule has 3 aromatic heterocycles. The molecule has 33 heavy (non-hydrogen) atoms. The summed E-state index contributed by atoms with van der Waals surface area (Å²) in [5.74, 6) is -0.770. The Hall–Kier alpha value is -3.53. The molecule has 172 valence electrons. The van der Waals surface area contributed by atoms with Gasteiger partial charge in [0.15, 0.2) is 11.5 Å². The van der Waals surface area contributed by atoms with Crippen LogP contribution < -0.4 is 20.3 Å². The van der Waals surface area contributed by atoms with Crippen molar-refractivity contribution in [2.45, 2.75) is 32.9 Å². The summed E-state index contributed by atoms with van der Waals surface area (Å²) in [6.45, 7) is 7.50. The molecule has 1 aromatic carbocycles. The number of fused-ring (bicyclic) bond motifs is 2. The molecule has 2 N–H and O–H groups in total. The fraction of sp³-hybridized carbons (Fsp3) is 0.348. The van der Waals surface area contributed by atoms with Crippen molar-refractivity contribution in [1.82, 2.24) is 24.7 Å². The van der Waals surface area contributed by atoms with E-state index in [2.05, 4.69) is 44.3 Å². The Kier molecular flexibility index (Phi) is 5.24. The summed E-state index contributed by atoms with van der Waals surface area (Å²) >= 11 is 0. The Labute approximate surface area is 189 Å². The molecule has 0 unspecified atom stereocenters. The smallest absolute Gasteiger partial charge is 0.318 e. The zero-order chi connectivity index (χ0) is 23.3. The maximum Gasteiger partial charge on any atom is 0.318 e. The highest BCUT2D eigenvalue weighted by Gasteiger charge is 2.23. The normalized spacial score (nSPS) is 18.8. The molecule has 0 radical (unpaired) electrons. The van der Waals surface area contributed by atoms with Crippen LogP contribution in [0.4, 0.5) is 26.0 Å². The fourth-order valence-corrected chi connectivity index (χ4v) is 4.47. The molecule has 1 aliphatic rings. The van der Waals surface area contributed by atoms with Gasteiger partial charge in [-0.15, -0.1) is 0 Å². The molecule has 4 aromatic rings. The van der Waals surface area contributed by atoms with Crippen molar-refractivity contribution < 1.29 is 13.5 Å². The minimum absolute atomic E-state index is 0.0867. The van der Waals surface area contributed by atoms with Gasteiger partial charge in [0.1, 0.15) is 11.6 Å². The Balaban J connectivity index is 1.59. The van der Waals surface area contributed by atoms with Crippen molar-refractivity contribution >= 4 is 33.7 Å². The Morgan fingerprint density at radius 1 is 1.03 bits per heavy atom. The van der Waals surface area contributed by atoms with Crippen LogP contribution in [-0.4, -0.2) is 51.6 Å². The lowest BCUT2D eigenvalue weighted by molar-refractivity contribution is 0.382. The van der Waals surface area contributed by atoms with E-state index < -0.39 is 11.6 Å². The largest absolute Gasteiger partial charge is 0.467 e. The Morgan fingerprint density at radius 2 is 1.79 bits per heavy atom. The van der Waals surface area contributed by atoms with Crippen molar-refractivity contribution in [2.75, 3.05) is 30.4 Å². The summed E-state index contributed by atoms with van der Waals surface area (Å²) in [5.41, 5.74) is 2.45. The second-order valence-corrected chi connectivity index (χ2v) is 8.57. The maximum absolute atomic E-state index is 15.4. The summed E-state index contributed by atoms with van der Waals surface area (Å²) in [6.07, 6.45) is 3.39. The first kappa shape index (κ1) is 21.3. The first-order valence-electron chi connectivity index (χ1n) is 10.8. The number of methoxy groups -OCH3 is 1. The number of hydrogen-bond donors (Lipinski definition) is 2. The van der Waals surface area contributed by atoms with E-state index in [1.807, 2.05) is 6.07 Å². The average Bonchev–Trinajstić information content (AvgIpc) is 3.13. The topological polar surface area (TPSA) is 79.6 Å². The Bertz CT molecular complexity index is 1350. The second kappa shape index (κ2) is 8.11. The number of anilines is 3. The van der Waals surface area contributed by atoms with Crippen LogP contribution in [0.2, 0.25) is 0 Å². The molecule has 1 aliphatic heterocycles. The summed E-state index contributed by atoms with van der Waals surface area (Å²) in [7, 11) is 1.45. The third-order valence-electron chi connectivity index (χ3n) is 5.71. The third-order valence-corrected chi connectivity index (χ3v) is 5.71. The second-order valence-electron chi connectivity index (χ2n) is 8.57. The lowest BCUT2D eigenvalue weighted by Crippen LogP contribution is -2.54. The zero-order valence-electron chi connectivity index (χ0n) is 18.9. The highest BCUT2D eigenvalue weighted by molar-refractivity contribution is 5.93. The van der Waals surface area contributed by atoms with Gasteiger partial charge in [-0.1, -0.05) is 0 Å². The molecule has 1 saturated heterocycles.